The van der Waals surface area contributed by atoms with Gasteiger partial charge >= 0.3 is 0 Å². The average molecular weight is 301 g/mol. The van der Waals surface area contributed by atoms with E-state index in [0.29, 0.717) is 19.1 Å². The van der Waals surface area contributed by atoms with E-state index in [9.17, 15) is 12.8 Å². The van der Waals surface area contributed by atoms with Crippen molar-refractivity contribution in [3.63, 3.8) is 0 Å². The molecule has 5 nitrogen and oxygen atoms in total. The summed E-state index contributed by atoms with van der Waals surface area (Å²) in [5, 5.41) is 0. The van der Waals surface area contributed by atoms with Crippen molar-refractivity contribution >= 4 is 15.7 Å². The predicted molar refractivity (Wildman–Crippen MR) is 76.3 cm³/mol. The van der Waals surface area contributed by atoms with Gasteiger partial charge < -0.3 is 10.6 Å². The molecule has 112 valence electrons. The Bertz CT molecular complexity index is 561. The summed E-state index contributed by atoms with van der Waals surface area (Å²) in [5.74, 6) is -0.633. The van der Waals surface area contributed by atoms with E-state index >= 15 is 0 Å². The highest BCUT2D eigenvalue weighted by Gasteiger charge is 2.30. The Morgan fingerprint density at radius 1 is 1.25 bits per heavy atom. The molecule has 20 heavy (non-hydrogen) atoms. The lowest BCUT2D eigenvalue weighted by Gasteiger charge is -2.34. The zero-order valence-corrected chi connectivity index (χ0v) is 12.5. The standard InChI is InChI=1S/C13H20FN3O2S/c1-16(2)12-3-5-17(6-4-12)20(18,19)13-8-10(14)7-11(15)9-13/h7-9,12H,3-6,15H2,1-2H3. The second-order valence-electron chi connectivity index (χ2n) is 5.32. The van der Waals surface area contributed by atoms with E-state index in [0.717, 1.165) is 25.0 Å². The van der Waals surface area contributed by atoms with Crippen molar-refractivity contribution in [1.82, 2.24) is 9.21 Å². The fraction of sp³-hybridized carbons (Fsp3) is 0.538. The highest BCUT2D eigenvalue weighted by atomic mass is 32.2. The van der Waals surface area contributed by atoms with Crippen LogP contribution in [0.4, 0.5) is 10.1 Å². The van der Waals surface area contributed by atoms with Crippen molar-refractivity contribution in [2.45, 2.75) is 23.8 Å². The molecule has 0 aromatic heterocycles. The first-order valence-electron chi connectivity index (χ1n) is 6.53. The van der Waals surface area contributed by atoms with Gasteiger partial charge in [0.1, 0.15) is 5.82 Å². The number of piperidine rings is 1. The van der Waals surface area contributed by atoms with Crippen LogP contribution in [-0.4, -0.2) is 50.8 Å². The summed E-state index contributed by atoms with van der Waals surface area (Å²) in [7, 11) is 0.315. The molecule has 0 spiro atoms. The molecule has 1 saturated heterocycles. The van der Waals surface area contributed by atoms with Crippen LogP contribution in [0.25, 0.3) is 0 Å². The minimum atomic E-state index is -3.66. The number of sulfonamides is 1. The second-order valence-corrected chi connectivity index (χ2v) is 7.26. The zero-order chi connectivity index (χ0) is 14.9. The number of hydrogen-bond donors (Lipinski definition) is 1. The summed E-state index contributed by atoms with van der Waals surface area (Å²) in [6.07, 6.45) is 1.55. The van der Waals surface area contributed by atoms with Gasteiger partial charge in [0.15, 0.2) is 0 Å². The van der Waals surface area contributed by atoms with Crippen molar-refractivity contribution in [3.8, 4) is 0 Å². The first-order chi connectivity index (χ1) is 9.30. The van der Waals surface area contributed by atoms with Crippen molar-refractivity contribution in [3.05, 3.63) is 24.0 Å². The summed E-state index contributed by atoms with van der Waals surface area (Å²) < 4.78 is 39.6. The van der Waals surface area contributed by atoms with E-state index in [1.807, 2.05) is 14.1 Å². The van der Waals surface area contributed by atoms with E-state index in [2.05, 4.69) is 4.90 Å². The van der Waals surface area contributed by atoms with E-state index < -0.39 is 15.8 Å². The molecule has 1 aliphatic heterocycles. The topological polar surface area (TPSA) is 66.6 Å². The maximum absolute atomic E-state index is 13.3. The summed E-state index contributed by atoms with van der Waals surface area (Å²) in [4.78, 5) is 2.03. The molecule has 0 amide bonds. The summed E-state index contributed by atoms with van der Waals surface area (Å²) >= 11 is 0. The van der Waals surface area contributed by atoms with E-state index in [1.54, 1.807) is 0 Å². The van der Waals surface area contributed by atoms with Gasteiger partial charge in [-0.2, -0.15) is 4.31 Å². The number of hydrogen-bond acceptors (Lipinski definition) is 4. The van der Waals surface area contributed by atoms with Gasteiger partial charge in [-0.15, -0.1) is 0 Å². The molecule has 0 radical (unpaired) electrons. The number of halogens is 1. The molecule has 1 aliphatic rings. The van der Waals surface area contributed by atoms with Crippen molar-refractivity contribution in [2.24, 2.45) is 0 Å². The monoisotopic (exact) mass is 301 g/mol. The van der Waals surface area contributed by atoms with Crippen LogP contribution in [0.15, 0.2) is 23.1 Å². The first kappa shape index (κ1) is 15.2. The number of benzene rings is 1. The molecule has 0 bridgehead atoms. The Labute approximate surface area is 119 Å². The smallest absolute Gasteiger partial charge is 0.243 e. The van der Waals surface area contributed by atoms with Crippen LogP contribution >= 0.6 is 0 Å². The highest BCUT2D eigenvalue weighted by Crippen LogP contribution is 2.24. The Morgan fingerprint density at radius 2 is 1.85 bits per heavy atom. The van der Waals surface area contributed by atoms with Gasteiger partial charge in [0.25, 0.3) is 0 Å². The van der Waals surface area contributed by atoms with Crippen molar-refractivity contribution in [2.75, 3.05) is 32.9 Å². The van der Waals surface area contributed by atoms with Gasteiger partial charge in [0, 0.05) is 24.8 Å². The number of nitrogens with two attached hydrogens (primary N) is 1. The van der Waals surface area contributed by atoms with Gasteiger partial charge in [-0.1, -0.05) is 0 Å². The van der Waals surface area contributed by atoms with E-state index in [1.165, 1.54) is 10.4 Å². The van der Waals surface area contributed by atoms with E-state index in [4.69, 9.17) is 5.73 Å². The van der Waals surface area contributed by atoms with Gasteiger partial charge in [0.2, 0.25) is 10.0 Å². The molecule has 2 rings (SSSR count). The van der Waals surface area contributed by atoms with Gasteiger partial charge in [-0.3, -0.25) is 0 Å². The molecular weight excluding hydrogens is 281 g/mol. The van der Waals surface area contributed by atoms with Crippen LogP contribution in [0.1, 0.15) is 12.8 Å². The molecule has 0 unspecified atom stereocenters. The van der Waals surface area contributed by atoms with Crippen LogP contribution < -0.4 is 5.73 Å². The minimum absolute atomic E-state index is 0.0710. The molecule has 0 atom stereocenters. The predicted octanol–water partition coefficient (Wildman–Crippen LogP) is 1.12. The molecule has 0 saturated carbocycles. The number of nitrogen functional groups attached to an aromatic ring is 1. The molecule has 0 aliphatic carbocycles. The Balaban J connectivity index is 2.19. The molecule has 7 heteroatoms. The fourth-order valence-electron chi connectivity index (χ4n) is 2.48. The highest BCUT2D eigenvalue weighted by molar-refractivity contribution is 7.89. The number of anilines is 1. The number of rotatable bonds is 3. The third-order valence-corrected chi connectivity index (χ3v) is 5.56. The van der Waals surface area contributed by atoms with Crippen LogP contribution in [0.2, 0.25) is 0 Å². The van der Waals surface area contributed by atoms with Gasteiger partial charge in [-0.05, 0) is 45.1 Å². The maximum atomic E-state index is 13.3. The molecular formula is C13H20FN3O2S. The molecule has 1 aromatic rings. The van der Waals surface area contributed by atoms with Crippen LogP contribution in [0, 0.1) is 5.82 Å². The SMILES string of the molecule is CN(C)C1CCN(S(=O)(=O)c2cc(N)cc(F)c2)CC1. The lowest BCUT2D eigenvalue weighted by molar-refractivity contribution is 0.196. The Kier molecular flexibility index (Phi) is 4.31. The van der Waals surface area contributed by atoms with Crippen molar-refractivity contribution in [1.29, 1.82) is 0 Å². The molecule has 1 aromatic carbocycles. The maximum Gasteiger partial charge on any atom is 0.243 e. The summed E-state index contributed by atoms with van der Waals surface area (Å²) in [5.41, 5.74) is 5.64. The van der Waals surface area contributed by atoms with Gasteiger partial charge in [0.05, 0.1) is 4.90 Å². The lowest BCUT2D eigenvalue weighted by atomic mass is 10.1. The van der Waals surface area contributed by atoms with Crippen LogP contribution in [0.3, 0.4) is 0 Å². The van der Waals surface area contributed by atoms with Gasteiger partial charge in [-0.25, -0.2) is 12.8 Å². The zero-order valence-electron chi connectivity index (χ0n) is 11.7. The van der Waals surface area contributed by atoms with Crippen molar-refractivity contribution < 1.29 is 12.8 Å². The third kappa shape index (κ3) is 3.11. The number of nitrogens with zero attached hydrogens (tertiary/aromatic N) is 2. The summed E-state index contributed by atoms with van der Waals surface area (Å²) in [6.45, 7) is 0.892. The minimum Gasteiger partial charge on any atom is -0.399 e. The third-order valence-electron chi connectivity index (χ3n) is 3.69. The first-order valence-corrected chi connectivity index (χ1v) is 7.97. The quantitative estimate of drug-likeness (QED) is 0.850. The normalized spacial score (nSPS) is 18.6. The summed E-state index contributed by atoms with van der Waals surface area (Å²) in [6, 6.07) is 3.82. The van der Waals surface area contributed by atoms with Crippen LogP contribution in [-0.2, 0) is 10.0 Å². The largest absolute Gasteiger partial charge is 0.399 e. The fourth-order valence-corrected chi connectivity index (χ4v) is 4.02. The Hall–Kier alpha value is -1.18. The van der Waals surface area contributed by atoms with E-state index in [-0.39, 0.29) is 10.6 Å². The lowest BCUT2D eigenvalue weighted by Crippen LogP contribution is -2.44. The molecule has 2 N–H and O–H groups in total. The molecule has 1 heterocycles. The molecule has 1 fully saturated rings. The van der Waals surface area contributed by atoms with Crippen LogP contribution in [0.5, 0.6) is 0 Å². The average Bonchev–Trinajstić information content (AvgIpc) is 2.37. The Morgan fingerprint density at radius 3 is 2.35 bits per heavy atom. The second kappa shape index (κ2) is 5.67.